The molecule has 0 radical (unpaired) electrons. The van der Waals surface area contributed by atoms with E-state index in [0.29, 0.717) is 36.3 Å². The topological polar surface area (TPSA) is 123 Å². The number of ether oxygens (including phenoxy) is 1. The molecule has 0 fully saturated rings. The number of nitrogens with one attached hydrogen (secondary N) is 2. The molecule has 0 aliphatic rings. The predicted molar refractivity (Wildman–Crippen MR) is 99.0 cm³/mol. The van der Waals surface area contributed by atoms with Crippen LogP contribution < -0.4 is 27.1 Å². The fraction of sp³-hybridized carbons (Fsp3) is 0.562. The molecule has 1 unspecified atom stereocenters. The highest BCUT2D eigenvalue weighted by atomic mass is 32.2. The number of carbonyl (C=O) groups is 1. The van der Waals surface area contributed by atoms with Crippen molar-refractivity contribution in [1.82, 2.24) is 5.43 Å². The molecule has 0 saturated heterocycles. The molecule has 0 aliphatic carbocycles. The predicted octanol–water partition coefficient (Wildman–Crippen LogP) is 0.687. The summed E-state index contributed by atoms with van der Waals surface area (Å²) in [5.41, 5.74) is 17.1. The van der Waals surface area contributed by atoms with Crippen molar-refractivity contribution in [3.63, 3.8) is 0 Å². The Balaban J connectivity index is 2.41. The number of benzene rings is 1. The molecule has 7 N–H and O–H groups in total. The van der Waals surface area contributed by atoms with Gasteiger partial charge in [0.1, 0.15) is 18.5 Å². The average Bonchev–Trinajstić information content (AvgIpc) is 2.57. The molecule has 1 amide bonds. The van der Waals surface area contributed by atoms with Gasteiger partial charge in [0.05, 0.1) is 5.69 Å². The largest absolute Gasteiger partial charge is 0.492 e. The van der Waals surface area contributed by atoms with Crippen LogP contribution in [0.4, 0.5) is 5.69 Å². The normalized spacial score (nSPS) is 13.4. The second kappa shape index (κ2) is 11.1. The van der Waals surface area contributed by atoms with Crippen LogP contribution in [0.3, 0.4) is 0 Å². The summed E-state index contributed by atoms with van der Waals surface area (Å²) in [6.07, 6.45) is -0.693. The van der Waals surface area contributed by atoms with Crippen molar-refractivity contribution in [2.75, 3.05) is 24.3 Å². The zero-order valence-electron chi connectivity index (χ0n) is 14.2. The smallest absolute Gasteiger partial charge is 0.268 e. The highest BCUT2D eigenvalue weighted by Gasteiger charge is 2.22. The molecular formula is C16H28N4O3S. The van der Waals surface area contributed by atoms with E-state index in [9.17, 15) is 9.90 Å². The van der Waals surface area contributed by atoms with Crippen molar-refractivity contribution >= 4 is 23.4 Å². The van der Waals surface area contributed by atoms with Gasteiger partial charge in [0.2, 0.25) is 0 Å². The van der Waals surface area contributed by atoms with E-state index in [1.54, 1.807) is 36.0 Å². The number of amides is 1. The van der Waals surface area contributed by atoms with Crippen LogP contribution in [0.25, 0.3) is 0 Å². The van der Waals surface area contributed by atoms with Crippen LogP contribution in [0.1, 0.15) is 20.3 Å². The molecule has 136 valence electrons. The van der Waals surface area contributed by atoms with Gasteiger partial charge in [0.25, 0.3) is 5.91 Å². The summed E-state index contributed by atoms with van der Waals surface area (Å²) in [5.74, 6) is 0.880. The van der Waals surface area contributed by atoms with Crippen molar-refractivity contribution in [1.29, 1.82) is 0 Å². The third-order valence-electron chi connectivity index (χ3n) is 3.13. The molecular weight excluding hydrogens is 328 g/mol. The van der Waals surface area contributed by atoms with Gasteiger partial charge in [0, 0.05) is 18.7 Å². The first-order valence-corrected chi connectivity index (χ1v) is 9.03. The Bertz CT molecular complexity index is 502. The molecule has 1 aromatic rings. The Morgan fingerprint density at radius 2 is 2.17 bits per heavy atom. The maximum Gasteiger partial charge on any atom is 0.268 e. The SMILES string of the molecule is CC(C)SCC[C@@H](N)C(O)C(=O)NNc1cccc(OCCN)c1. The summed E-state index contributed by atoms with van der Waals surface area (Å²) in [5, 5.41) is 10.5. The van der Waals surface area contributed by atoms with Crippen LogP contribution in [0, 0.1) is 0 Å². The molecule has 0 bridgehead atoms. The summed E-state index contributed by atoms with van der Waals surface area (Å²) in [4.78, 5) is 12.0. The van der Waals surface area contributed by atoms with Gasteiger partial charge in [-0.1, -0.05) is 19.9 Å². The Morgan fingerprint density at radius 3 is 2.83 bits per heavy atom. The van der Waals surface area contributed by atoms with Gasteiger partial charge in [-0.2, -0.15) is 11.8 Å². The molecule has 0 spiro atoms. The quantitative estimate of drug-likeness (QED) is 0.370. The number of aliphatic hydroxyl groups excluding tert-OH is 1. The number of nitrogens with two attached hydrogens (primary N) is 2. The van der Waals surface area contributed by atoms with Gasteiger partial charge in [-0.25, -0.2) is 0 Å². The number of hydrogen-bond donors (Lipinski definition) is 5. The van der Waals surface area contributed by atoms with Crippen molar-refractivity contribution in [3.8, 4) is 5.75 Å². The van der Waals surface area contributed by atoms with E-state index in [0.717, 1.165) is 5.75 Å². The van der Waals surface area contributed by atoms with Crippen LogP contribution in [-0.4, -0.2) is 47.3 Å². The molecule has 24 heavy (non-hydrogen) atoms. The van der Waals surface area contributed by atoms with Gasteiger partial charge < -0.3 is 21.3 Å². The molecule has 0 aliphatic heterocycles. The summed E-state index contributed by atoms with van der Waals surface area (Å²) < 4.78 is 5.40. The first-order chi connectivity index (χ1) is 11.4. The van der Waals surface area contributed by atoms with Crippen molar-refractivity contribution in [3.05, 3.63) is 24.3 Å². The number of thioether (sulfide) groups is 1. The van der Waals surface area contributed by atoms with E-state index < -0.39 is 18.1 Å². The van der Waals surface area contributed by atoms with E-state index in [2.05, 4.69) is 24.7 Å². The first-order valence-electron chi connectivity index (χ1n) is 7.98. The number of rotatable bonds is 11. The summed E-state index contributed by atoms with van der Waals surface area (Å²) in [7, 11) is 0. The molecule has 2 atom stereocenters. The van der Waals surface area contributed by atoms with Gasteiger partial charge in [0.15, 0.2) is 0 Å². The van der Waals surface area contributed by atoms with Gasteiger partial charge in [-0.05, 0) is 29.6 Å². The maximum atomic E-state index is 12.0. The lowest BCUT2D eigenvalue weighted by Gasteiger charge is -2.19. The minimum absolute atomic E-state index is 0.414. The zero-order chi connectivity index (χ0) is 17.9. The first kappa shape index (κ1) is 20.6. The van der Waals surface area contributed by atoms with E-state index in [1.807, 2.05) is 0 Å². The van der Waals surface area contributed by atoms with Crippen molar-refractivity contribution < 1.29 is 14.6 Å². The van der Waals surface area contributed by atoms with Crippen LogP contribution in [-0.2, 0) is 4.79 Å². The van der Waals surface area contributed by atoms with E-state index >= 15 is 0 Å². The lowest BCUT2D eigenvalue weighted by molar-refractivity contribution is -0.129. The maximum absolute atomic E-state index is 12.0. The molecule has 0 heterocycles. The summed E-state index contributed by atoms with van der Waals surface area (Å²) >= 11 is 1.75. The molecule has 8 heteroatoms. The number of aliphatic hydroxyl groups is 1. The minimum Gasteiger partial charge on any atom is -0.492 e. The minimum atomic E-state index is -1.26. The Hall–Kier alpha value is -1.48. The van der Waals surface area contributed by atoms with Crippen molar-refractivity contribution in [2.45, 2.75) is 37.7 Å². The third-order valence-corrected chi connectivity index (χ3v) is 4.27. The zero-order valence-corrected chi connectivity index (χ0v) is 15.0. The summed E-state index contributed by atoms with van der Waals surface area (Å²) in [6, 6.07) is 6.46. The monoisotopic (exact) mass is 356 g/mol. The van der Waals surface area contributed by atoms with Crippen molar-refractivity contribution in [2.24, 2.45) is 11.5 Å². The van der Waals surface area contributed by atoms with E-state index in [-0.39, 0.29) is 0 Å². The summed E-state index contributed by atoms with van der Waals surface area (Å²) in [6.45, 7) is 5.02. The van der Waals surface area contributed by atoms with Crippen LogP contribution in [0.2, 0.25) is 0 Å². The lowest BCUT2D eigenvalue weighted by Crippen LogP contribution is -2.48. The van der Waals surface area contributed by atoms with Crippen LogP contribution >= 0.6 is 11.8 Å². The molecule has 0 aromatic heterocycles. The van der Waals surface area contributed by atoms with Gasteiger partial charge in [-0.3, -0.25) is 15.6 Å². The molecule has 1 aromatic carbocycles. The number of hydrazine groups is 1. The second-order valence-electron chi connectivity index (χ2n) is 5.60. The number of anilines is 1. The highest BCUT2D eigenvalue weighted by molar-refractivity contribution is 7.99. The standard InChI is InChI=1S/C16H28N4O3S/c1-11(2)24-9-6-14(18)15(21)16(22)20-19-12-4-3-5-13(10-12)23-8-7-17/h3-5,10-11,14-15,19,21H,6-9,17-18H2,1-2H3,(H,20,22)/t14-,15?/m1/s1. The van der Waals surface area contributed by atoms with Gasteiger partial charge >= 0.3 is 0 Å². The van der Waals surface area contributed by atoms with Crippen LogP contribution in [0.5, 0.6) is 5.75 Å². The Morgan fingerprint density at radius 1 is 1.42 bits per heavy atom. The third kappa shape index (κ3) is 7.87. The molecule has 0 saturated carbocycles. The number of carbonyl (C=O) groups excluding carboxylic acids is 1. The lowest BCUT2D eigenvalue weighted by atomic mass is 10.1. The van der Waals surface area contributed by atoms with E-state index in [1.165, 1.54) is 0 Å². The average molecular weight is 356 g/mol. The Kier molecular flexibility index (Phi) is 9.55. The van der Waals surface area contributed by atoms with Crippen LogP contribution in [0.15, 0.2) is 24.3 Å². The molecule has 1 rings (SSSR count). The highest BCUT2D eigenvalue weighted by Crippen LogP contribution is 2.16. The van der Waals surface area contributed by atoms with E-state index in [4.69, 9.17) is 16.2 Å². The number of hydrogen-bond acceptors (Lipinski definition) is 7. The Labute approximate surface area is 147 Å². The van der Waals surface area contributed by atoms with Gasteiger partial charge in [-0.15, -0.1) is 0 Å². The second-order valence-corrected chi connectivity index (χ2v) is 7.28. The molecule has 7 nitrogen and oxygen atoms in total. The fourth-order valence-corrected chi connectivity index (χ4v) is 2.72. The fourth-order valence-electron chi connectivity index (χ4n) is 1.84.